The maximum absolute atomic E-state index is 5.02. The van der Waals surface area contributed by atoms with Crippen molar-refractivity contribution in [2.45, 2.75) is 46.0 Å². The second-order valence-corrected chi connectivity index (χ2v) is 18.6. The summed E-state index contributed by atoms with van der Waals surface area (Å²) < 4.78 is 0. The molecule has 301 valence electrons. The number of hydrogen-bond acceptors (Lipinski definition) is 1. The Hall–Kier alpha value is -7.16. The number of aryl methyl sites for hydroxylation is 2. The number of allylic oxidation sites excluding steroid dienone is 1. The fraction of sp³-hybridized carbons (Fsp3) is 0.115. The van der Waals surface area contributed by atoms with Gasteiger partial charge in [0, 0.05) is 22.6 Å². The quantitative estimate of drug-likeness (QED) is 0.165. The minimum atomic E-state index is -0.0419. The van der Waals surface area contributed by atoms with Crippen molar-refractivity contribution < 1.29 is 0 Å². The number of anilines is 2. The van der Waals surface area contributed by atoms with E-state index in [0.29, 0.717) is 0 Å². The van der Waals surface area contributed by atoms with Crippen molar-refractivity contribution >= 4 is 45.9 Å². The maximum Gasteiger partial charge on any atom is 0.193 e. The zero-order valence-corrected chi connectivity index (χ0v) is 36.7. The third-order valence-corrected chi connectivity index (χ3v) is 13.6. The van der Waals surface area contributed by atoms with Crippen LogP contribution in [-0.2, 0) is 5.41 Å². The van der Waals surface area contributed by atoms with Crippen molar-refractivity contribution in [2.24, 2.45) is 0 Å². The second kappa shape index (κ2) is 15.0. The Kier molecular flexibility index (Phi) is 9.25. The molecule has 1 aliphatic heterocycles. The highest BCUT2D eigenvalue weighted by molar-refractivity contribution is 6.71. The average Bonchev–Trinajstić information content (AvgIpc) is 3.30. The van der Waals surface area contributed by atoms with Gasteiger partial charge in [-0.25, -0.2) is 0 Å². The topological polar surface area (TPSA) is 12.0 Å². The predicted octanol–water partition coefficient (Wildman–Crippen LogP) is 15.0. The highest BCUT2D eigenvalue weighted by atomic mass is 14.9. The SMILES string of the molecule is C=C1c2ccc(-c3ccccc3)cc2-c2cc(-c3ccccc3)cc3c2C1c1cc(-c2c(C)cccc2C)cc(-c2ccc4ccccc4c2Nc2ccc(C(C)(C)C)cc2)c1[B]3. The number of rotatable bonds is 6. The molecule has 0 bridgehead atoms. The first-order valence-corrected chi connectivity index (χ1v) is 22.2. The fourth-order valence-electron chi connectivity index (χ4n) is 10.4. The summed E-state index contributed by atoms with van der Waals surface area (Å²) in [6.45, 7) is 16.3. The van der Waals surface area contributed by atoms with Crippen molar-refractivity contribution in [3.63, 3.8) is 0 Å². The van der Waals surface area contributed by atoms with E-state index < -0.39 is 0 Å². The summed E-state index contributed by atoms with van der Waals surface area (Å²) >= 11 is 0. The van der Waals surface area contributed by atoms with Crippen molar-refractivity contribution in [3.8, 4) is 55.6 Å². The molecule has 1 heterocycles. The summed E-state index contributed by atoms with van der Waals surface area (Å²) in [5.74, 6) is -0.0419. The summed E-state index contributed by atoms with van der Waals surface area (Å²) in [6, 6.07) is 67.4. The molecular formula is C61H49BN. The lowest BCUT2D eigenvalue weighted by Gasteiger charge is -2.39. The van der Waals surface area contributed by atoms with Crippen LogP contribution >= 0.6 is 0 Å². The minimum absolute atomic E-state index is 0.0419. The molecule has 63 heavy (non-hydrogen) atoms. The predicted molar refractivity (Wildman–Crippen MR) is 271 cm³/mol. The Bertz CT molecular complexity index is 3260. The normalized spacial score (nSPS) is 13.8. The van der Waals surface area contributed by atoms with Gasteiger partial charge < -0.3 is 5.32 Å². The summed E-state index contributed by atoms with van der Waals surface area (Å²) in [6.07, 6.45) is 0. The van der Waals surface area contributed by atoms with Crippen molar-refractivity contribution in [3.05, 3.63) is 222 Å². The molecule has 0 aromatic heterocycles. The Morgan fingerprint density at radius 2 is 1.14 bits per heavy atom. The lowest BCUT2D eigenvalue weighted by Crippen LogP contribution is -2.42. The lowest BCUT2D eigenvalue weighted by molar-refractivity contribution is 0.590. The Morgan fingerprint density at radius 3 is 1.86 bits per heavy atom. The molecule has 9 aromatic carbocycles. The number of hydrogen-bond donors (Lipinski definition) is 1. The first-order valence-electron chi connectivity index (χ1n) is 22.2. The van der Waals surface area contributed by atoms with Gasteiger partial charge in [-0.05, 0) is 144 Å². The van der Waals surface area contributed by atoms with E-state index in [9.17, 15) is 0 Å². The minimum Gasteiger partial charge on any atom is -0.355 e. The van der Waals surface area contributed by atoms with Crippen LogP contribution < -0.4 is 16.2 Å². The summed E-state index contributed by atoms with van der Waals surface area (Å²) in [4.78, 5) is 0. The molecule has 9 aromatic rings. The standard InChI is InChI=1S/C61H49BN/c1-37-16-15-17-38(2)56(37)45-34-53(50-31-24-42-22-13-14-23-49(42)60(50)63-47-28-26-46(27-29-47)61(4,5)6)59-54(35-45)57-39(3)48-30-25-43(40-18-9-7-10-19-40)32-51(48)52-33-44(36-55(62-59)58(52)57)41-20-11-8-12-21-41/h7-36,57,63H,3H2,1-2,4-6H3. The van der Waals surface area contributed by atoms with Gasteiger partial charge in [0.1, 0.15) is 0 Å². The van der Waals surface area contributed by atoms with Crippen LogP contribution in [0.25, 0.3) is 72.0 Å². The molecule has 1 N–H and O–H groups in total. The van der Waals surface area contributed by atoms with E-state index in [0.717, 1.165) is 16.9 Å². The molecule has 0 saturated heterocycles. The van der Waals surface area contributed by atoms with E-state index >= 15 is 0 Å². The molecule has 1 unspecified atom stereocenters. The Labute approximate surface area is 373 Å². The first kappa shape index (κ1) is 38.7. The van der Waals surface area contributed by atoms with Crippen molar-refractivity contribution in [1.82, 2.24) is 0 Å². The van der Waals surface area contributed by atoms with Crippen LogP contribution in [0.3, 0.4) is 0 Å². The monoisotopic (exact) mass is 806 g/mol. The fourth-order valence-corrected chi connectivity index (χ4v) is 10.4. The van der Waals surface area contributed by atoms with Gasteiger partial charge in [-0.2, -0.15) is 0 Å². The van der Waals surface area contributed by atoms with Crippen molar-refractivity contribution in [2.75, 3.05) is 5.32 Å². The summed E-state index contributed by atoms with van der Waals surface area (Å²) in [7, 11) is 2.48. The first-order chi connectivity index (χ1) is 30.6. The zero-order chi connectivity index (χ0) is 43.0. The van der Waals surface area contributed by atoms with Crippen LogP contribution in [0, 0.1) is 13.8 Å². The van der Waals surface area contributed by atoms with E-state index in [1.54, 1.807) is 0 Å². The van der Waals surface area contributed by atoms with Gasteiger partial charge in [-0.1, -0.05) is 190 Å². The second-order valence-electron chi connectivity index (χ2n) is 18.6. The summed E-state index contributed by atoms with van der Waals surface area (Å²) in [5, 5.41) is 6.38. The highest BCUT2D eigenvalue weighted by Crippen LogP contribution is 2.52. The van der Waals surface area contributed by atoms with E-state index in [2.05, 4.69) is 229 Å². The molecule has 11 rings (SSSR count). The number of fused-ring (bicyclic) bond motifs is 5. The highest BCUT2D eigenvalue weighted by Gasteiger charge is 2.38. The molecule has 0 saturated carbocycles. The van der Waals surface area contributed by atoms with Crippen LogP contribution in [0.15, 0.2) is 189 Å². The third kappa shape index (κ3) is 6.64. The average molecular weight is 807 g/mol. The van der Waals surface area contributed by atoms with Crippen LogP contribution in [0.1, 0.15) is 60.1 Å². The maximum atomic E-state index is 5.02. The van der Waals surface area contributed by atoms with Crippen LogP contribution in [0.2, 0.25) is 0 Å². The molecule has 1 nitrogen and oxygen atoms in total. The third-order valence-electron chi connectivity index (χ3n) is 13.6. The zero-order valence-electron chi connectivity index (χ0n) is 36.7. The molecule has 2 aliphatic rings. The van der Waals surface area contributed by atoms with Gasteiger partial charge >= 0.3 is 0 Å². The molecule has 1 atom stereocenters. The molecule has 1 radical (unpaired) electrons. The van der Waals surface area contributed by atoms with E-state index in [1.807, 2.05) is 0 Å². The van der Waals surface area contributed by atoms with Gasteiger partial charge in [-0.3, -0.25) is 0 Å². The molecule has 0 spiro atoms. The van der Waals surface area contributed by atoms with E-state index in [1.165, 1.54) is 111 Å². The summed E-state index contributed by atoms with van der Waals surface area (Å²) in [5.41, 5.74) is 25.8. The van der Waals surface area contributed by atoms with Crippen LogP contribution in [-0.4, -0.2) is 7.28 Å². The van der Waals surface area contributed by atoms with Crippen LogP contribution in [0.4, 0.5) is 11.4 Å². The number of nitrogens with one attached hydrogen (secondary N) is 1. The van der Waals surface area contributed by atoms with Gasteiger partial charge in [0.15, 0.2) is 7.28 Å². The van der Waals surface area contributed by atoms with Crippen LogP contribution in [0.5, 0.6) is 0 Å². The molecule has 0 amide bonds. The molecule has 0 fully saturated rings. The van der Waals surface area contributed by atoms with Crippen molar-refractivity contribution in [1.29, 1.82) is 0 Å². The van der Waals surface area contributed by atoms with E-state index in [4.69, 9.17) is 6.58 Å². The molecule has 2 heteroatoms. The van der Waals surface area contributed by atoms with Gasteiger partial charge in [0.05, 0.1) is 5.69 Å². The van der Waals surface area contributed by atoms with E-state index in [-0.39, 0.29) is 11.3 Å². The van der Waals surface area contributed by atoms with Gasteiger partial charge in [-0.15, -0.1) is 0 Å². The Morgan fingerprint density at radius 1 is 0.508 bits per heavy atom. The van der Waals surface area contributed by atoms with Gasteiger partial charge in [0.2, 0.25) is 0 Å². The smallest absolute Gasteiger partial charge is 0.193 e. The molecular weight excluding hydrogens is 757 g/mol. The largest absolute Gasteiger partial charge is 0.355 e. The lowest BCUT2D eigenvalue weighted by atomic mass is 9.49. The number of benzene rings is 9. The Balaban J connectivity index is 1.19. The molecule has 1 aliphatic carbocycles. The van der Waals surface area contributed by atoms with Gasteiger partial charge in [0.25, 0.3) is 0 Å².